The van der Waals surface area contributed by atoms with Crippen LogP contribution in [-0.2, 0) is 15.9 Å². The lowest BCUT2D eigenvalue weighted by Crippen LogP contribution is -2.45. The Labute approximate surface area is 128 Å². The Morgan fingerprint density at radius 2 is 2.36 bits per heavy atom. The third-order valence-electron chi connectivity index (χ3n) is 4.68. The highest BCUT2D eigenvalue weighted by Gasteiger charge is 2.41. The maximum absolute atomic E-state index is 6.00. The molecule has 2 N–H and O–H groups in total. The molecule has 0 radical (unpaired) electrons. The Morgan fingerprint density at radius 1 is 1.41 bits per heavy atom. The Morgan fingerprint density at radius 3 is 3.18 bits per heavy atom. The highest BCUT2D eigenvalue weighted by atomic mass is 16.6. The minimum Gasteiger partial charge on any atom is -0.378 e. The van der Waals surface area contributed by atoms with E-state index in [1.807, 2.05) is 0 Å². The van der Waals surface area contributed by atoms with Crippen LogP contribution in [0.2, 0.25) is 0 Å². The van der Waals surface area contributed by atoms with Crippen LogP contribution in [0.4, 0.5) is 5.82 Å². The van der Waals surface area contributed by atoms with E-state index in [1.165, 1.54) is 0 Å². The standard InChI is InChI=1S/C15H21N5O2/c1-2-11-12-13(16-9-17-14(12)20-19-11)18-10-3-5-22-15(7-10)4-6-21-8-15/h9-10H,2-8H2,1H3,(H2,16,17,18,19,20). The Bertz CT molecular complexity index is 665. The normalized spacial score (nSPS) is 28.5. The van der Waals surface area contributed by atoms with Crippen LogP contribution in [0.15, 0.2) is 6.33 Å². The number of ether oxygens (including phenoxy) is 2. The van der Waals surface area contributed by atoms with Crippen molar-refractivity contribution in [2.75, 3.05) is 25.1 Å². The number of nitrogens with zero attached hydrogens (tertiary/aromatic N) is 3. The molecule has 2 aromatic rings. The zero-order valence-electron chi connectivity index (χ0n) is 12.8. The number of hydrogen-bond donors (Lipinski definition) is 2. The number of hydrogen-bond acceptors (Lipinski definition) is 6. The SMILES string of the molecule is CCc1[nH]nc2ncnc(NC3CCOC4(CCOC4)C3)c12. The molecule has 22 heavy (non-hydrogen) atoms. The van der Waals surface area contributed by atoms with Gasteiger partial charge in [0.1, 0.15) is 12.1 Å². The number of fused-ring (bicyclic) bond motifs is 1. The molecule has 2 aliphatic heterocycles. The number of aromatic amines is 1. The van der Waals surface area contributed by atoms with Crippen LogP contribution >= 0.6 is 0 Å². The molecule has 2 atom stereocenters. The van der Waals surface area contributed by atoms with Gasteiger partial charge in [0.2, 0.25) is 0 Å². The number of nitrogens with one attached hydrogen (secondary N) is 2. The summed E-state index contributed by atoms with van der Waals surface area (Å²) in [5.41, 5.74) is 1.69. The second kappa shape index (κ2) is 5.48. The molecule has 4 heterocycles. The molecule has 7 nitrogen and oxygen atoms in total. The molecule has 118 valence electrons. The lowest BCUT2D eigenvalue weighted by atomic mass is 9.89. The van der Waals surface area contributed by atoms with Crippen LogP contribution in [0.5, 0.6) is 0 Å². The summed E-state index contributed by atoms with van der Waals surface area (Å²) in [5, 5.41) is 11.9. The van der Waals surface area contributed by atoms with Gasteiger partial charge in [0.15, 0.2) is 5.65 Å². The molecule has 1 spiro atoms. The highest BCUT2D eigenvalue weighted by Crippen LogP contribution is 2.34. The molecule has 2 fully saturated rings. The molecule has 0 saturated carbocycles. The van der Waals surface area contributed by atoms with Crippen molar-refractivity contribution >= 4 is 16.9 Å². The van der Waals surface area contributed by atoms with Crippen LogP contribution in [0.1, 0.15) is 31.9 Å². The van der Waals surface area contributed by atoms with Gasteiger partial charge in [-0.1, -0.05) is 6.92 Å². The van der Waals surface area contributed by atoms with Crippen molar-refractivity contribution in [1.29, 1.82) is 0 Å². The average Bonchev–Trinajstić information content (AvgIpc) is 3.15. The molecular formula is C15H21N5O2. The van der Waals surface area contributed by atoms with Crippen LogP contribution in [-0.4, -0.2) is 51.6 Å². The van der Waals surface area contributed by atoms with Crippen molar-refractivity contribution < 1.29 is 9.47 Å². The van der Waals surface area contributed by atoms with Gasteiger partial charge < -0.3 is 14.8 Å². The lowest BCUT2D eigenvalue weighted by Gasteiger charge is -2.37. The van der Waals surface area contributed by atoms with E-state index in [0.717, 1.165) is 61.4 Å². The smallest absolute Gasteiger partial charge is 0.186 e. The Kier molecular flexibility index (Phi) is 3.46. The summed E-state index contributed by atoms with van der Waals surface area (Å²) in [5.74, 6) is 0.872. The van der Waals surface area contributed by atoms with E-state index in [1.54, 1.807) is 6.33 Å². The van der Waals surface area contributed by atoms with Crippen LogP contribution in [0.25, 0.3) is 11.0 Å². The highest BCUT2D eigenvalue weighted by molar-refractivity contribution is 5.88. The van der Waals surface area contributed by atoms with Crippen molar-refractivity contribution in [2.45, 2.75) is 44.2 Å². The maximum Gasteiger partial charge on any atom is 0.186 e. The molecule has 0 amide bonds. The second-order valence-electron chi connectivity index (χ2n) is 6.14. The third-order valence-corrected chi connectivity index (χ3v) is 4.68. The van der Waals surface area contributed by atoms with E-state index >= 15 is 0 Å². The first-order valence-corrected chi connectivity index (χ1v) is 7.96. The lowest BCUT2D eigenvalue weighted by molar-refractivity contribution is -0.0828. The molecule has 2 unspecified atom stereocenters. The number of aromatic nitrogens is 4. The van der Waals surface area contributed by atoms with Gasteiger partial charge in [-0.05, 0) is 19.3 Å². The van der Waals surface area contributed by atoms with Gasteiger partial charge >= 0.3 is 0 Å². The number of rotatable bonds is 3. The fourth-order valence-corrected chi connectivity index (χ4v) is 3.49. The zero-order valence-corrected chi connectivity index (χ0v) is 12.8. The minimum absolute atomic E-state index is 0.105. The average molecular weight is 303 g/mol. The summed E-state index contributed by atoms with van der Waals surface area (Å²) in [6.45, 7) is 4.37. The first kappa shape index (κ1) is 13.9. The monoisotopic (exact) mass is 303 g/mol. The molecule has 0 bridgehead atoms. The van der Waals surface area contributed by atoms with E-state index < -0.39 is 0 Å². The van der Waals surface area contributed by atoms with Gasteiger partial charge in [-0.25, -0.2) is 9.97 Å². The van der Waals surface area contributed by atoms with Gasteiger partial charge in [0, 0.05) is 31.4 Å². The van der Waals surface area contributed by atoms with Gasteiger partial charge in [-0.3, -0.25) is 5.10 Å². The summed E-state index contributed by atoms with van der Waals surface area (Å²) in [6.07, 6.45) is 5.36. The maximum atomic E-state index is 6.00. The number of H-pyrrole nitrogens is 1. The second-order valence-corrected chi connectivity index (χ2v) is 6.14. The van der Waals surface area contributed by atoms with Crippen molar-refractivity contribution in [3.63, 3.8) is 0 Å². The summed E-state index contributed by atoms with van der Waals surface area (Å²) in [7, 11) is 0. The summed E-state index contributed by atoms with van der Waals surface area (Å²) >= 11 is 0. The van der Waals surface area contributed by atoms with Crippen LogP contribution in [0, 0.1) is 0 Å². The van der Waals surface area contributed by atoms with Gasteiger partial charge in [-0.2, -0.15) is 5.10 Å². The van der Waals surface area contributed by atoms with E-state index in [4.69, 9.17) is 9.47 Å². The fraction of sp³-hybridized carbons (Fsp3) is 0.667. The van der Waals surface area contributed by atoms with Crippen LogP contribution < -0.4 is 5.32 Å². The third kappa shape index (κ3) is 2.34. The van der Waals surface area contributed by atoms with Gasteiger partial charge in [-0.15, -0.1) is 0 Å². The first-order valence-electron chi connectivity index (χ1n) is 7.96. The molecule has 4 rings (SSSR count). The largest absolute Gasteiger partial charge is 0.378 e. The minimum atomic E-state index is -0.105. The molecular weight excluding hydrogens is 282 g/mol. The van der Waals surface area contributed by atoms with Crippen molar-refractivity contribution in [1.82, 2.24) is 20.2 Å². The van der Waals surface area contributed by atoms with E-state index in [0.29, 0.717) is 12.6 Å². The van der Waals surface area contributed by atoms with E-state index in [9.17, 15) is 0 Å². The van der Waals surface area contributed by atoms with Crippen molar-refractivity contribution in [3.05, 3.63) is 12.0 Å². The molecule has 7 heteroatoms. The summed E-state index contributed by atoms with van der Waals surface area (Å²) in [4.78, 5) is 8.68. The van der Waals surface area contributed by atoms with Gasteiger partial charge in [0.25, 0.3) is 0 Å². The van der Waals surface area contributed by atoms with E-state index in [-0.39, 0.29) is 5.60 Å². The van der Waals surface area contributed by atoms with Crippen LogP contribution in [0.3, 0.4) is 0 Å². The summed E-state index contributed by atoms with van der Waals surface area (Å²) < 4.78 is 11.5. The van der Waals surface area contributed by atoms with Crippen molar-refractivity contribution in [3.8, 4) is 0 Å². The first-order chi connectivity index (χ1) is 10.8. The molecule has 0 aliphatic carbocycles. The molecule has 2 aliphatic rings. The Balaban J connectivity index is 1.59. The topological polar surface area (TPSA) is 85.0 Å². The zero-order chi connectivity index (χ0) is 15.0. The van der Waals surface area contributed by atoms with E-state index in [2.05, 4.69) is 32.4 Å². The van der Waals surface area contributed by atoms with Gasteiger partial charge in [0.05, 0.1) is 17.6 Å². The predicted octanol–water partition coefficient (Wildman–Crippen LogP) is 1.67. The van der Waals surface area contributed by atoms with Crippen molar-refractivity contribution in [2.24, 2.45) is 0 Å². The number of anilines is 1. The Hall–Kier alpha value is -1.73. The number of aryl methyl sites for hydroxylation is 1. The molecule has 2 aromatic heterocycles. The molecule has 0 aromatic carbocycles. The quantitative estimate of drug-likeness (QED) is 0.897. The molecule has 2 saturated heterocycles. The summed E-state index contributed by atoms with van der Waals surface area (Å²) in [6, 6.07) is 0.341. The predicted molar refractivity (Wildman–Crippen MR) is 81.8 cm³/mol. The fourth-order valence-electron chi connectivity index (χ4n) is 3.49.